The Morgan fingerprint density at radius 2 is 2.11 bits per heavy atom. The molecule has 0 spiro atoms. The molecule has 5 nitrogen and oxygen atoms in total. The minimum atomic E-state index is -0.155. The van der Waals surface area contributed by atoms with Crippen LogP contribution >= 0.6 is 0 Å². The van der Waals surface area contributed by atoms with Crippen LogP contribution in [0.15, 0.2) is 6.20 Å². The molecule has 110 valence electrons. The van der Waals surface area contributed by atoms with Gasteiger partial charge in [-0.2, -0.15) is 5.10 Å². The van der Waals surface area contributed by atoms with Crippen LogP contribution in [0.3, 0.4) is 0 Å². The molecule has 0 bridgehead atoms. The lowest BCUT2D eigenvalue weighted by Gasteiger charge is -2.25. The molecule has 1 rings (SSSR count). The average molecular weight is 269 g/mol. The van der Waals surface area contributed by atoms with Crippen molar-refractivity contribution in [1.82, 2.24) is 15.1 Å². The lowest BCUT2D eigenvalue weighted by Crippen LogP contribution is -2.30. The van der Waals surface area contributed by atoms with E-state index in [0.717, 1.165) is 24.4 Å². The number of rotatable bonds is 7. The zero-order valence-corrected chi connectivity index (χ0v) is 13.0. The second-order valence-corrected chi connectivity index (χ2v) is 5.59. The monoisotopic (exact) mass is 269 g/mol. The van der Waals surface area contributed by atoms with Crippen LogP contribution in [0, 0.1) is 0 Å². The van der Waals surface area contributed by atoms with Crippen molar-refractivity contribution in [1.29, 1.82) is 0 Å². The zero-order valence-electron chi connectivity index (χ0n) is 13.0. The van der Waals surface area contributed by atoms with Gasteiger partial charge in [0, 0.05) is 6.54 Å². The van der Waals surface area contributed by atoms with Crippen molar-refractivity contribution in [2.75, 3.05) is 20.8 Å². The largest absolute Gasteiger partial charge is 0.493 e. The predicted octanol–water partition coefficient (Wildman–Crippen LogP) is 2.38. The molecule has 1 aromatic rings. The van der Waals surface area contributed by atoms with E-state index in [4.69, 9.17) is 9.47 Å². The van der Waals surface area contributed by atoms with E-state index < -0.39 is 0 Å². The van der Waals surface area contributed by atoms with Gasteiger partial charge in [-0.1, -0.05) is 6.92 Å². The van der Waals surface area contributed by atoms with Gasteiger partial charge in [-0.25, -0.2) is 0 Å². The molecule has 1 aromatic heterocycles. The molecule has 0 radical (unpaired) electrons. The van der Waals surface area contributed by atoms with E-state index in [1.54, 1.807) is 13.3 Å². The highest BCUT2D eigenvalue weighted by atomic mass is 16.5. The third-order valence-electron chi connectivity index (χ3n) is 2.86. The number of ether oxygens (including phenoxy) is 2. The first-order valence-electron chi connectivity index (χ1n) is 6.83. The van der Waals surface area contributed by atoms with Gasteiger partial charge in [-0.3, -0.25) is 4.68 Å². The van der Waals surface area contributed by atoms with Gasteiger partial charge in [0.1, 0.15) is 0 Å². The van der Waals surface area contributed by atoms with Gasteiger partial charge in [0.05, 0.1) is 37.3 Å². The summed E-state index contributed by atoms with van der Waals surface area (Å²) in [6.45, 7) is 9.77. The van der Waals surface area contributed by atoms with E-state index in [1.165, 1.54) is 0 Å². The van der Waals surface area contributed by atoms with Crippen molar-refractivity contribution in [3.63, 3.8) is 0 Å². The van der Waals surface area contributed by atoms with E-state index >= 15 is 0 Å². The molecule has 19 heavy (non-hydrogen) atoms. The molecule has 5 heteroatoms. The second-order valence-electron chi connectivity index (χ2n) is 5.59. The average Bonchev–Trinajstić information content (AvgIpc) is 2.73. The van der Waals surface area contributed by atoms with E-state index in [2.05, 4.69) is 38.1 Å². The summed E-state index contributed by atoms with van der Waals surface area (Å²) in [7, 11) is 3.60. The molecule has 0 aliphatic carbocycles. The fourth-order valence-corrected chi connectivity index (χ4v) is 1.91. The summed E-state index contributed by atoms with van der Waals surface area (Å²) in [4.78, 5) is 0. The van der Waals surface area contributed by atoms with Crippen molar-refractivity contribution in [2.24, 2.45) is 0 Å². The highest BCUT2D eigenvalue weighted by Gasteiger charge is 2.23. The molecule has 0 fully saturated rings. The highest BCUT2D eigenvalue weighted by Crippen LogP contribution is 2.26. The maximum Gasteiger partial charge on any atom is 0.161 e. The van der Waals surface area contributed by atoms with Gasteiger partial charge >= 0.3 is 0 Å². The molecular formula is C14H27N3O2. The highest BCUT2D eigenvalue weighted by molar-refractivity contribution is 5.28. The van der Waals surface area contributed by atoms with Gasteiger partial charge in [0.15, 0.2) is 5.75 Å². The summed E-state index contributed by atoms with van der Waals surface area (Å²) < 4.78 is 13.3. The first kappa shape index (κ1) is 16.0. The fourth-order valence-electron chi connectivity index (χ4n) is 1.91. The van der Waals surface area contributed by atoms with Crippen LogP contribution in [0.5, 0.6) is 5.75 Å². The van der Waals surface area contributed by atoms with E-state index in [0.29, 0.717) is 6.61 Å². The number of hydrogen-bond acceptors (Lipinski definition) is 4. The molecule has 0 amide bonds. The van der Waals surface area contributed by atoms with E-state index in [1.807, 2.05) is 11.7 Å². The standard InChI is InChI=1S/C14H27N3O2/c1-7-8-17-13(12(18-6)9-16-17)11(15-5)10-19-14(2,3)4/h9,11,15H,7-8,10H2,1-6H3. The van der Waals surface area contributed by atoms with Gasteiger partial charge in [0.2, 0.25) is 0 Å². The minimum absolute atomic E-state index is 0.0724. The molecule has 0 aromatic carbocycles. The van der Waals surface area contributed by atoms with Crippen molar-refractivity contribution < 1.29 is 9.47 Å². The number of hydrogen-bond donors (Lipinski definition) is 1. The number of nitrogens with one attached hydrogen (secondary N) is 1. The number of methoxy groups -OCH3 is 1. The Balaban J connectivity index is 2.92. The molecule has 0 saturated carbocycles. The number of nitrogens with zero attached hydrogens (tertiary/aromatic N) is 2. The number of aromatic nitrogens is 2. The molecule has 0 saturated heterocycles. The van der Waals surface area contributed by atoms with Gasteiger partial charge in [-0.15, -0.1) is 0 Å². The number of aryl methyl sites for hydroxylation is 1. The summed E-state index contributed by atoms with van der Waals surface area (Å²) in [5, 5.41) is 7.67. The molecule has 1 heterocycles. The van der Waals surface area contributed by atoms with Crippen LogP contribution in [0.2, 0.25) is 0 Å². The smallest absolute Gasteiger partial charge is 0.161 e. The van der Waals surface area contributed by atoms with E-state index in [-0.39, 0.29) is 11.6 Å². The summed E-state index contributed by atoms with van der Waals surface area (Å²) in [6, 6.07) is 0.0724. The van der Waals surface area contributed by atoms with Gasteiger partial charge in [0.25, 0.3) is 0 Å². The van der Waals surface area contributed by atoms with Crippen LogP contribution < -0.4 is 10.1 Å². The Bertz CT molecular complexity index is 383. The van der Waals surface area contributed by atoms with Crippen molar-refractivity contribution in [2.45, 2.75) is 52.3 Å². The first-order chi connectivity index (χ1) is 8.92. The molecule has 0 aliphatic heterocycles. The third kappa shape index (κ3) is 4.51. The maximum atomic E-state index is 5.88. The SMILES string of the molecule is CCCn1ncc(OC)c1C(COC(C)(C)C)NC. The Morgan fingerprint density at radius 1 is 1.42 bits per heavy atom. The Morgan fingerprint density at radius 3 is 2.58 bits per heavy atom. The zero-order chi connectivity index (χ0) is 14.5. The third-order valence-corrected chi connectivity index (χ3v) is 2.86. The van der Waals surface area contributed by atoms with Crippen LogP contribution in [0.25, 0.3) is 0 Å². The maximum absolute atomic E-state index is 5.88. The van der Waals surface area contributed by atoms with Crippen LogP contribution in [-0.4, -0.2) is 36.1 Å². The summed E-state index contributed by atoms with van der Waals surface area (Å²) >= 11 is 0. The normalized spacial score (nSPS) is 13.6. The predicted molar refractivity (Wildman–Crippen MR) is 76.6 cm³/mol. The summed E-state index contributed by atoms with van der Waals surface area (Å²) in [6.07, 6.45) is 2.81. The van der Waals surface area contributed by atoms with Crippen LogP contribution in [0.1, 0.15) is 45.9 Å². The second kappa shape index (κ2) is 6.91. The molecule has 1 N–H and O–H groups in total. The summed E-state index contributed by atoms with van der Waals surface area (Å²) in [5.74, 6) is 0.810. The fraction of sp³-hybridized carbons (Fsp3) is 0.786. The van der Waals surface area contributed by atoms with Crippen molar-refractivity contribution in [3.05, 3.63) is 11.9 Å². The molecule has 1 unspecified atom stereocenters. The summed E-state index contributed by atoms with van der Waals surface area (Å²) in [5.41, 5.74) is 0.897. The van der Waals surface area contributed by atoms with Crippen LogP contribution in [-0.2, 0) is 11.3 Å². The molecular weight excluding hydrogens is 242 g/mol. The Labute approximate surface area is 116 Å². The molecule has 0 aliphatic rings. The quantitative estimate of drug-likeness (QED) is 0.825. The molecule has 1 atom stereocenters. The lowest BCUT2D eigenvalue weighted by atomic mass is 10.1. The minimum Gasteiger partial charge on any atom is -0.493 e. The lowest BCUT2D eigenvalue weighted by molar-refractivity contribution is -0.0151. The van der Waals surface area contributed by atoms with Crippen molar-refractivity contribution in [3.8, 4) is 5.75 Å². The number of likely N-dealkylation sites (N-methyl/N-ethyl adjacent to an activating group) is 1. The van der Waals surface area contributed by atoms with Gasteiger partial charge in [-0.05, 0) is 34.2 Å². The van der Waals surface area contributed by atoms with E-state index in [9.17, 15) is 0 Å². The van der Waals surface area contributed by atoms with Crippen molar-refractivity contribution >= 4 is 0 Å². The topological polar surface area (TPSA) is 48.3 Å². The van der Waals surface area contributed by atoms with Crippen LogP contribution in [0.4, 0.5) is 0 Å². The van der Waals surface area contributed by atoms with Gasteiger partial charge < -0.3 is 14.8 Å². The Kier molecular flexibility index (Phi) is 5.82. The Hall–Kier alpha value is -1.07. The first-order valence-corrected chi connectivity index (χ1v) is 6.83.